The van der Waals surface area contributed by atoms with Crippen LogP contribution in [0.15, 0.2) is 187 Å². The second kappa shape index (κ2) is 11.7. The highest BCUT2D eigenvalue weighted by Crippen LogP contribution is 2.35. The molecule has 46 heavy (non-hydrogen) atoms. The predicted octanol–water partition coefficient (Wildman–Crippen LogP) is 10.4. The van der Waals surface area contributed by atoms with Crippen molar-refractivity contribution < 1.29 is 0 Å². The molecule has 8 rings (SSSR count). The van der Waals surface area contributed by atoms with Gasteiger partial charge in [0.2, 0.25) is 0 Å². The molecule has 0 saturated carbocycles. The lowest BCUT2D eigenvalue weighted by molar-refractivity contribution is 0.931. The smallest absolute Gasteiger partial charge is 0.260 e. The maximum Gasteiger partial charge on any atom is 0.338 e. The Kier molecular flexibility index (Phi) is 6.97. The quantitative estimate of drug-likeness (QED) is 0.189. The predicted molar refractivity (Wildman–Crippen MR) is 191 cm³/mol. The Hall–Kier alpha value is -6.19. The number of benzene rings is 7. The van der Waals surface area contributed by atoms with E-state index in [1.807, 2.05) is 69.8 Å². The molecule has 0 saturated heterocycles. The van der Waals surface area contributed by atoms with Gasteiger partial charge in [0.25, 0.3) is 0 Å². The van der Waals surface area contributed by atoms with Crippen LogP contribution in [0.2, 0.25) is 0 Å². The van der Waals surface area contributed by atoms with E-state index in [0.717, 1.165) is 66.9 Å². The van der Waals surface area contributed by atoms with E-state index in [-0.39, 0.29) is 5.69 Å². The summed E-state index contributed by atoms with van der Waals surface area (Å²) in [5.41, 5.74) is 12.2. The molecule has 7 aromatic carbocycles. The summed E-state index contributed by atoms with van der Waals surface area (Å²) < 4.78 is 3.66. The molecule has 0 fully saturated rings. The maximum absolute atomic E-state index is 14.5. The maximum atomic E-state index is 14.5. The van der Waals surface area contributed by atoms with Gasteiger partial charge in [0.15, 0.2) is 0 Å². The Bertz CT molecular complexity index is 2220. The number of aromatic nitrogens is 2. The Morgan fingerprint density at radius 1 is 0.304 bits per heavy atom. The molecule has 8 aromatic rings. The van der Waals surface area contributed by atoms with Crippen LogP contribution in [0.3, 0.4) is 0 Å². The number of hydrogen-bond donors (Lipinski definition) is 0. The first-order chi connectivity index (χ1) is 22.8. The summed E-state index contributed by atoms with van der Waals surface area (Å²) in [4.78, 5) is 14.5. The molecule has 0 aliphatic heterocycles. The van der Waals surface area contributed by atoms with Gasteiger partial charge in [-0.05, 0) is 80.9 Å². The average molecular weight is 591 g/mol. The highest BCUT2D eigenvalue weighted by molar-refractivity contribution is 5.87. The number of imidazole rings is 1. The second-order valence-corrected chi connectivity index (χ2v) is 11.4. The zero-order valence-electron chi connectivity index (χ0n) is 25.1. The Balaban J connectivity index is 1.27. The van der Waals surface area contributed by atoms with Crippen LogP contribution in [0, 0.1) is 0 Å². The van der Waals surface area contributed by atoms with E-state index < -0.39 is 0 Å². The molecule has 0 bridgehead atoms. The standard InChI is InChI=1S/C43H30N2O/c46-43-44(35-21-13-19-33(29-35)39-25-9-7-23-37(39)31-15-3-1-4-16-31)41-27-11-12-28-42(41)45(43)36-22-14-20-34(30-36)40-26-10-8-24-38(40)32-17-5-2-6-18-32/h1-30H. The fourth-order valence-corrected chi connectivity index (χ4v) is 6.48. The molecule has 0 atom stereocenters. The van der Waals surface area contributed by atoms with Crippen molar-refractivity contribution in [2.75, 3.05) is 0 Å². The van der Waals surface area contributed by atoms with E-state index in [9.17, 15) is 4.79 Å². The van der Waals surface area contributed by atoms with Crippen LogP contribution in [-0.4, -0.2) is 9.13 Å². The summed E-state index contributed by atoms with van der Waals surface area (Å²) in [6, 6.07) is 62.3. The van der Waals surface area contributed by atoms with Crippen molar-refractivity contribution in [3.63, 3.8) is 0 Å². The van der Waals surface area contributed by atoms with Crippen LogP contribution >= 0.6 is 0 Å². The van der Waals surface area contributed by atoms with Gasteiger partial charge in [0, 0.05) is 0 Å². The van der Waals surface area contributed by atoms with Crippen LogP contribution < -0.4 is 5.69 Å². The van der Waals surface area contributed by atoms with Crippen LogP contribution in [-0.2, 0) is 0 Å². The Labute approximate surface area is 267 Å². The molecule has 0 spiro atoms. The largest absolute Gasteiger partial charge is 0.338 e. The van der Waals surface area contributed by atoms with Gasteiger partial charge < -0.3 is 0 Å². The highest BCUT2D eigenvalue weighted by atomic mass is 16.1. The lowest BCUT2D eigenvalue weighted by Gasteiger charge is -2.12. The van der Waals surface area contributed by atoms with Gasteiger partial charge in [-0.3, -0.25) is 9.13 Å². The molecular formula is C43H30N2O. The van der Waals surface area contributed by atoms with Crippen molar-refractivity contribution in [3.8, 4) is 55.9 Å². The molecule has 1 aromatic heterocycles. The zero-order valence-corrected chi connectivity index (χ0v) is 25.1. The monoisotopic (exact) mass is 590 g/mol. The summed E-state index contributed by atoms with van der Waals surface area (Å²) in [6.07, 6.45) is 0. The number of para-hydroxylation sites is 2. The molecular weight excluding hydrogens is 560 g/mol. The molecule has 0 radical (unpaired) electrons. The summed E-state index contributed by atoms with van der Waals surface area (Å²) >= 11 is 0. The summed E-state index contributed by atoms with van der Waals surface area (Å²) in [5.74, 6) is 0. The number of hydrogen-bond acceptors (Lipinski definition) is 1. The second-order valence-electron chi connectivity index (χ2n) is 11.4. The summed E-state index contributed by atoms with van der Waals surface area (Å²) in [5, 5.41) is 0. The zero-order chi connectivity index (χ0) is 30.9. The normalized spacial score (nSPS) is 11.1. The van der Waals surface area contributed by atoms with E-state index >= 15 is 0 Å². The fourth-order valence-electron chi connectivity index (χ4n) is 6.48. The van der Waals surface area contributed by atoms with Gasteiger partial charge in [-0.15, -0.1) is 0 Å². The van der Waals surface area contributed by atoms with E-state index in [0.29, 0.717) is 0 Å². The van der Waals surface area contributed by atoms with Crippen molar-refractivity contribution >= 4 is 11.0 Å². The van der Waals surface area contributed by atoms with Crippen LogP contribution in [0.4, 0.5) is 0 Å². The number of nitrogens with zero attached hydrogens (tertiary/aromatic N) is 2. The van der Waals surface area contributed by atoms with Crippen molar-refractivity contribution in [1.82, 2.24) is 9.13 Å². The molecule has 0 N–H and O–H groups in total. The van der Waals surface area contributed by atoms with E-state index in [2.05, 4.69) is 121 Å². The Morgan fingerprint density at radius 2 is 0.630 bits per heavy atom. The number of fused-ring (bicyclic) bond motifs is 1. The van der Waals surface area contributed by atoms with E-state index in [1.165, 1.54) is 0 Å². The third-order valence-electron chi connectivity index (χ3n) is 8.60. The van der Waals surface area contributed by atoms with E-state index in [4.69, 9.17) is 0 Å². The minimum absolute atomic E-state index is 0.108. The first kappa shape index (κ1) is 27.4. The van der Waals surface area contributed by atoms with Gasteiger partial charge in [0.1, 0.15) is 0 Å². The van der Waals surface area contributed by atoms with Crippen LogP contribution in [0.5, 0.6) is 0 Å². The molecule has 0 aliphatic carbocycles. The average Bonchev–Trinajstić information content (AvgIpc) is 3.44. The van der Waals surface area contributed by atoms with Crippen LogP contribution in [0.1, 0.15) is 0 Å². The first-order valence-electron chi connectivity index (χ1n) is 15.5. The molecule has 3 nitrogen and oxygen atoms in total. The van der Waals surface area contributed by atoms with Gasteiger partial charge in [-0.25, -0.2) is 4.79 Å². The minimum Gasteiger partial charge on any atom is -0.260 e. The molecule has 3 heteroatoms. The van der Waals surface area contributed by atoms with Crippen molar-refractivity contribution in [1.29, 1.82) is 0 Å². The SMILES string of the molecule is O=c1n(-c2cccc(-c3ccccc3-c3ccccc3)c2)c2ccccc2n1-c1cccc(-c2ccccc2-c2ccccc2)c1. The topological polar surface area (TPSA) is 26.9 Å². The van der Waals surface area contributed by atoms with E-state index in [1.54, 1.807) is 0 Å². The minimum atomic E-state index is -0.108. The first-order valence-corrected chi connectivity index (χ1v) is 15.5. The number of rotatable bonds is 6. The van der Waals surface area contributed by atoms with Crippen molar-refractivity contribution in [2.45, 2.75) is 0 Å². The molecule has 218 valence electrons. The Morgan fingerprint density at radius 3 is 1.04 bits per heavy atom. The van der Waals surface area contributed by atoms with Gasteiger partial charge in [-0.2, -0.15) is 0 Å². The van der Waals surface area contributed by atoms with Crippen molar-refractivity contribution in [2.24, 2.45) is 0 Å². The molecule has 0 amide bonds. The fraction of sp³-hybridized carbons (Fsp3) is 0. The summed E-state index contributed by atoms with van der Waals surface area (Å²) in [7, 11) is 0. The summed E-state index contributed by atoms with van der Waals surface area (Å²) in [6.45, 7) is 0. The lowest BCUT2D eigenvalue weighted by Crippen LogP contribution is -2.22. The highest BCUT2D eigenvalue weighted by Gasteiger charge is 2.18. The van der Waals surface area contributed by atoms with Crippen LogP contribution in [0.25, 0.3) is 66.9 Å². The molecule has 0 unspecified atom stereocenters. The molecule has 0 aliphatic rings. The van der Waals surface area contributed by atoms with Gasteiger partial charge in [-0.1, -0.05) is 146 Å². The molecule has 1 heterocycles. The lowest BCUT2D eigenvalue weighted by atomic mass is 9.94. The van der Waals surface area contributed by atoms with Gasteiger partial charge in [0.05, 0.1) is 22.4 Å². The van der Waals surface area contributed by atoms with Gasteiger partial charge >= 0.3 is 5.69 Å². The van der Waals surface area contributed by atoms with Crippen molar-refractivity contribution in [3.05, 3.63) is 192 Å². The third kappa shape index (κ3) is 4.85. The third-order valence-corrected chi connectivity index (χ3v) is 8.60.